The van der Waals surface area contributed by atoms with E-state index in [1.807, 2.05) is 12.1 Å². The molecule has 1 aliphatic carbocycles. The van der Waals surface area contributed by atoms with E-state index in [1.165, 1.54) is 6.92 Å². The second-order valence-electron chi connectivity index (χ2n) is 7.63. The van der Waals surface area contributed by atoms with Crippen molar-refractivity contribution in [1.82, 2.24) is 10.2 Å². The van der Waals surface area contributed by atoms with Gasteiger partial charge in [0, 0.05) is 43.5 Å². The molecule has 2 amide bonds. The number of benzene rings is 1. The first-order valence-electron chi connectivity index (χ1n) is 9.72. The Morgan fingerprint density at radius 1 is 1.04 bits per heavy atom. The molecule has 0 spiro atoms. The molecule has 0 radical (unpaired) electrons. The van der Waals surface area contributed by atoms with Crippen LogP contribution >= 0.6 is 0 Å². The van der Waals surface area contributed by atoms with E-state index in [0.717, 1.165) is 5.69 Å². The normalized spacial score (nSPS) is 23.4. The Labute approximate surface area is 162 Å². The number of nitrogens with one attached hydrogen (secondary N) is 1. The smallest absolute Gasteiger partial charge is 0.368 e. The summed E-state index contributed by atoms with van der Waals surface area (Å²) in [5.41, 5.74) is 1.65. The third-order valence-electron chi connectivity index (χ3n) is 5.67. The number of carbonyl (C=O) groups is 2. The predicted octanol–water partition coefficient (Wildman–Crippen LogP) is 3.84. The largest absolute Gasteiger partial charge is 0.391 e. The van der Waals surface area contributed by atoms with E-state index in [2.05, 4.69) is 10.2 Å². The highest BCUT2D eigenvalue weighted by atomic mass is 19.4. The summed E-state index contributed by atoms with van der Waals surface area (Å²) in [6, 6.07) is 6.68. The zero-order chi connectivity index (χ0) is 20.3. The van der Waals surface area contributed by atoms with Gasteiger partial charge in [-0.2, -0.15) is 13.2 Å². The standard InChI is InChI=1S/C20H26F3N3O2/c1-14(27)15-5-7-18(8-6-15)25-9-11-26(12-10-25)19(28)24-17-4-2-3-16(13-17)20(21,22)23/h5-8,16-17H,2-4,9-13H2,1H3,(H,24,28). The van der Waals surface area contributed by atoms with Crippen molar-refractivity contribution >= 4 is 17.5 Å². The highest BCUT2D eigenvalue weighted by molar-refractivity contribution is 5.94. The van der Waals surface area contributed by atoms with Gasteiger partial charge in [-0.1, -0.05) is 6.42 Å². The van der Waals surface area contributed by atoms with Crippen molar-refractivity contribution in [1.29, 1.82) is 0 Å². The third-order valence-corrected chi connectivity index (χ3v) is 5.67. The van der Waals surface area contributed by atoms with Crippen LogP contribution in [0, 0.1) is 5.92 Å². The van der Waals surface area contributed by atoms with E-state index in [0.29, 0.717) is 44.6 Å². The fourth-order valence-electron chi connectivity index (χ4n) is 3.96. The van der Waals surface area contributed by atoms with Gasteiger partial charge in [0.05, 0.1) is 5.92 Å². The Bertz CT molecular complexity index is 698. The van der Waals surface area contributed by atoms with Gasteiger partial charge >= 0.3 is 12.2 Å². The van der Waals surface area contributed by atoms with Crippen LogP contribution in [0.4, 0.5) is 23.7 Å². The second-order valence-corrected chi connectivity index (χ2v) is 7.63. The molecule has 0 bridgehead atoms. The maximum absolute atomic E-state index is 12.9. The van der Waals surface area contributed by atoms with E-state index in [9.17, 15) is 22.8 Å². The molecule has 1 heterocycles. The summed E-state index contributed by atoms with van der Waals surface area (Å²) in [5.74, 6) is -1.30. The van der Waals surface area contributed by atoms with E-state index in [1.54, 1.807) is 17.0 Å². The quantitative estimate of drug-likeness (QED) is 0.789. The minimum Gasteiger partial charge on any atom is -0.368 e. The van der Waals surface area contributed by atoms with Crippen LogP contribution in [0.15, 0.2) is 24.3 Å². The number of alkyl halides is 3. The molecule has 3 rings (SSSR count). The first-order chi connectivity index (χ1) is 13.2. The molecular formula is C20H26F3N3O2. The Balaban J connectivity index is 1.49. The molecule has 28 heavy (non-hydrogen) atoms. The molecule has 1 N–H and O–H groups in total. The Morgan fingerprint density at radius 3 is 2.25 bits per heavy atom. The second kappa shape index (κ2) is 8.41. The van der Waals surface area contributed by atoms with Gasteiger partial charge in [0.1, 0.15) is 0 Å². The highest BCUT2D eigenvalue weighted by Gasteiger charge is 2.42. The maximum Gasteiger partial charge on any atom is 0.391 e. The number of Topliss-reactive ketones (excluding diaryl/α,β-unsaturated/α-hetero) is 1. The minimum atomic E-state index is -4.19. The number of urea groups is 1. The molecule has 0 aromatic heterocycles. The minimum absolute atomic E-state index is 0.0171. The lowest BCUT2D eigenvalue weighted by molar-refractivity contribution is -0.183. The Kier molecular flexibility index (Phi) is 6.15. The van der Waals surface area contributed by atoms with Crippen LogP contribution in [0.2, 0.25) is 0 Å². The molecule has 5 nitrogen and oxygen atoms in total. The molecule has 2 aliphatic rings. The van der Waals surface area contributed by atoms with Crippen molar-refractivity contribution in [3.63, 3.8) is 0 Å². The molecule has 2 atom stereocenters. The molecule has 1 saturated heterocycles. The average molecular weight is 397 g/mol. The zero-order valence-electron chi connectivity index (χ0n) is 16.0. The fraction of sp³-hybridized carbons (Fsp3) is 0.600. The van der Waals surface area contributed by atoms with Crippen LogP contribution in [0.3, 0.4) is 0 Å². The topological polar surface area (TPSA) is 52.7 Å². The predicted molar refractivity (Wildman–Crippen MR) is 101 cm³/mol. The molecule has 2 unspecified atom stereocenters. The summed E-state index contributed by atoms with van der Waals surface area (Å²) in [6.45, 7) is 3.83. The molecule has 154 valence electrons. The number of hydrogen-bond acceptors (Lipinski definition) is 3. The van der Waals surface area contributed by atoms with Crippen LogP contribution < -0.4 is 10.2 Å². The molecule has 1 saturated carbocycles. The number of ketones is 1. The van der Waals surface area contributed by atoms with Gasteiger partial charge in [0.25, 0.3) is 0 Å². The zero-order valence-corrected chi connectivity index (χ0v) is 16.0. The van der Waals surface area contributed by atoms with Crippen molar-refractivity contribution < 1.29 is 22.8 Å². The van der Waals surface area contributed by atoms with Crippen molar-refractivity contribution in [3.05, 3.63) is 29.8 Å². The summed E-state index contributed by atoms with van der Waals surface area (Å²) in [5, 5.41) is 2.80. The van der Waals surface area contributed by atoms with Crippen molar-refractivity contribution in [2.24, 2.45) is 5.92 Å². The average Bonchev–Trinajstić information content (AvgIpc) is 2.68. The lowest BCUT2D eigenvalue weighted by Gasteiger charge is -2.38. The number of anilines is 1. The lowest BCUT2D eigenvalue weighted by atomic mass is 9.85. The molecule has 1 aliphatic heterocycles. The molecule has 1 aromatic carbocycles. The molecule has 8 heteroatoms. The first kappa shape index (κ1) is 20.5. The number of carbonyl (C=O) groups excluding carboxylic acids is 2. The van der Waals surface area contributed by atoms with Gasteiger partial charge in [0.2, 0.25) is 0 Å². The van der Waals surface area contributed by atoms with Gasteiger partial charge in [-0.05, 0) is 50.5 Å². The van der Waals surface area contributed by atoms with Gasteiger partial charge in [0.15, 0.2) is 5.78 Å². The SMILES string of the molecule is CC(=O)c1ccc(N2CCN(C(=O)NC3CCCC(C(F)(F)F)C3)CC2)cc1. The highest BCUT2D eigenvalue weighted by Crippen LogP contribution is 2.37. The van der Waals surface area contributed by atoms with E-state index >= 15 is 0 Å². The van der Waals surface area contributed by atoms with E-state index in [4.69, 9.17) is 0 Å². The van der Waals surface area contributed by atoms with Crippen LogP contribution in [-0.4, -0.2) is 55.1 Å². The van der Waals surface area contributed by atoms with E-state index < -0.39 is 18.1 Å². The number of hydrogen-bond donors (Lipinski definition) is 1. The maximum atomic E-state index is 12.9. The molecular weight excluding hydrogens is 371 g/mol. The van der Waals surface area contributed by atoms with Gasteiger partial charge < -0.3 is 15.1 Å². The fourth-order valence-corrected chi connectivity index (χ4v) is 3.96. The van der Waals surface area contributed by atoms with Gasteiger partial charge in [-0.3, -0.25) is 4.79 Å². The summed E-state index contributed by atoms with van der Waals surface area (Å²) < 4.78 is 38.8. The Hall–Kier alpha value is -2.25. The van der Waals surface area contributed by atoms with Crippen LogP contribution in [-0.2, 0) is 0 Å². The van der Waals surface area contributed by atoms with E-state index in [-0.39, 0.29) is 24.7 Å². The summed E-state index contributed by atoms with van der Waals surface area (Å²) in [7, 11) is 0. The number of rotatable bonds is 3. The van der Waals surface area contributed by atoms with Gasteiger partial charge in [-0.15, -0.1) is 0 Å². The number of amides is 2. The van der Waals surface area contributed by atoms with Crippen molar-refractivity contribution in [2.45, 2.75) is 44.8 Å². The number of piperazine rings is 1. The van der Waals surface area contributed by atoms with Crippen molar-refractivity contribution in [3.8, 4) is 0 Å². The summed E-state index contributed by atoms with van der Waals surface area (Å²) >= 11 is 0. The lowest BCUT2D eigenvalue weighted by Crippen LogP contribution is -2.54. The third kappa shape index (κ3) is 4.97. The van der Waals surface area contributed by atoms with Gasteiger partial charge in [-0.25, -0.2) is 4.79 Å². The molecule has 1 aromatic rings. The van der Waals surface area contributed by atoms with Crippen LogP contribution in [0.1, 0.15) is 43.0 Å². The first-order valence-corrected chi connectivity index (χ1v) is 9.72. The summed E-state index contributed by atoms with van der Waals surface area (Å²) in [4.78, 5) is 27.6. The van der Waals surface area contributed by atoms with Crippen molar-refractivity contribution in [2.75, 3.05) is 31.1 Å². The monoisotopic (exact) mass is 397 g/mol. The molecule has 2 fully saturated rings. The summed E-state index contributed by atoms with van der Waals surface area (Å²) in [6.07, 6.45) is -2.98. The van der Waals surface area contributed by atoms with Crippen LogP contribution in [0.5, 0.6) is 0 Å². The van der Waals surface area contributed by atoms with Crippen LogP contribution in [0.25, 0.3) is 0 Å². The number of halogens is 3. The number of nitrogens with zero attached hydrogens (tertiary/aromatic N) is 2. The Morgan fingerprint density at radius 2 is 1.68 bits per heavy atom.